The molecule has 4 nitrogen and oxygen atoms in total. The number of hydrogen-bond donors (Lipinski definition) is 0. The number of nitriles is 1. The van der Waals surface area contributed by atoms with Crippen molar-refractivity contribution < 1.29 is 4.39 Å². The van der Waals surface area contributed by atoms with E-state index in [1.807, 2.05) is 13.8 Å². The van der Waals surface area contributed by atoms with E-state index < -0.39 is 0 Å². The lowest BCUT2D eigenvalue weighted by Crippen LogP contribution is -2.15. The summed E-state index contributed by atoms with van der Waals surface area (Å²) in [4.78, 5) is 1.72. The van der Waals surface area contributed by atoms with Crippen LogP contribution < -0.4 is 4.90 Å². The van der Waals surface area contributed by atoms with Gasteiger partial charge >= 0.3 is 0 Å². The Morgan fingerprint density at radius 1 is 1.16 bits per heavy atom. The fourth-order valence-electron chi connectivity index (χ4n) is 1.75. The average Bonchev–Trinajstić information content (AvgIpc) is 2.41. The number of rotatable bonds is 2. The fraction of sp³-hybridized carbons (Fsp3) is 0.214. The van der Waals surface area contributed by atoms with Gasteiger partial charge in [-0.15, -0.1) is 5.10 Å². The van der Waals surface area contributed by atoms with Gasteiger partial charge in [0.15, 0.2) is 5.82 Å². The summed E-state index contributed by atoms with van der Waals surface area (Å²) in [5, 5.41) is 17.4. The first-order chi connectivity index (χ1) is 9.04. The van der Waals surface area contributed by atoms with Crippen molar-refractivity contribution in [3.63, 3.8) is 0 Å². The molecule has 0 atom stereocenters. The number of anilines is 2. The van der Waals surface area contributed by atoms with E-state index in [2.05, 4.69) is 16.3 Å². The molecule has 0 saturated carbocycles. The van der Waals surface area contributed by atoms with Crippen LogP contribution in [0.1, 0.15) is 16.8 Å². The van der Waals surface area contributed by atoms with Gasteiger partial charge in [0.25, 0.3) is 0 Å². The molecule has 1 aromatic carbocycles. The van der Waals surface area contributed by atoms with Crippen molar-refractivity contribution in [1.29, 1.82) is 5.26 Å². The molecule has 0 radical (unpaired) electrons. The predicted molar refractivity (Wildman–Crippen MR) is 70.7 cm³/mol. The van der Waals surface area contributed by atoms with E-state index >= 15 is 0 Å². The van der Waals surface area contributed by atoms with Gasteiger partial charge in [0, 0.05) is 12.7 Å². The third kappa shape index (κ3) is 2.38. The maximum absolute atomic E-state index is 12.9. The summed E-state index contributed by atoms with van der Waals surface area (Å²) in [7, 11) is 1.77. The Labute approximate surface area is 111 Å². The molecule has 1 aromatic heterocycles. The summed E-state index contributed by atoms with van der Waals surface area (Å²) in [6, 6.07) is 8.15. The van der Waals surface area contributed by atoms with Crippen molar-refractivity contribution in [2.24, 2.45) is 0 Å². The fourth-order valence-corrected chi connectivity index (χ4v) is 1.75. The molecule has 0 aliphatic heterocycles. The second kappa shape index (κ2) is 5.02. The van der Waals surface area contributed by atoms with Crippen molar-refractivity contribution in [3.8, 4) is 6.07 Å². The average molecular weight is 256 g/mol. The zero-order chi connectivity index (χ0) is 14.0. The lowest BCUT2D eigenvalue weighted by atomic mass is 10.1. The third-order valence-electron chi connectivity index (χ3n) is 3.08. The van der Waals surface area contributed by atoms with E-state index in [1.165, 1.54) is 12.1 Å². The molecule has 0 bridgehead atoms. The molecular weight excluding hydrogens is 243 g/mol. The summed E-state index contributed by atoms with van der Waals surface area (Å²) >= 11 is 0. The normalized spacial score (nSPS) is 10.1. The van der Waals surface area contributed by atoms with Crippen LogP contribution in [0.15, 0.2) is 24.3 Å². The van der Waals surface area contributed by atoms with E-state index in [1.54, 1.807) is 24.1 Å². The maximum Gasteiger partial charge on any atom is 0.173 e. The highest BCUT2D eigenvalue weighted by Crippen LogP contribution is 2.26. The molecule has 0 aliphatic rings. The summed E-state index contributed by atoms with van der Waals surface area (Å²) in [5.74, 6) is 0.168. The van der Waals surface area contributed by atoms with Gasteiger partial charge in [-0.2, -0.15) is 10.4 Å². The Balaban J connectivity index is 2.50. The molecule has 1 heterocycles. The van der Waals surface area contributed by atoms with Crippen LogP contribution in [0.4, 0.5) is 15.9 Å². The molecular formula is C14H13FN4. The quantitative estimate of drug-likeness (QED) is 0.829. The van der Waals surface area contributed by atoms with Gasteiger partial charge in [-0.3, -0.25) is 0 Å². The highest BCUT2D eigenvalue weighted by atomic mass is 19.1. The van der Waals surface area contributed by atoms with Gasteiger partial charge in [-0.25, -0.2) is 4.39 Å². The molecule has 2 aromatic rings. The Morgan fingerprint density at radius 3 is 2.37 bits per heavy atom. The molecule has 0 aliphatic carbocycles. The van der Waals surface area contributed by atoms with Crippen LogP contribution in [-0.4, -0.2) is 17.2 Å². The van der Waals surface area contributed by atoms with E-state index in [0.717, 1.165) is 16.9 Å². The monoisotopic (exact) mass is 256 g/mol. The molecule has 96 valence electrons. The molecule has 0 saturated heterocycles. The molecule has 2 rings (SSSR count). The Morgan fingerprint density at radius 2 is 1.79 bits per heavy atom. The van der Waals surface area contributed by atoms with Gasteiger partial charge in [0.1, 0.15) is 17.4 Å². The van der Waals surface area contributed by atoms with Gasteiger partial charge in [0.2, 0.25) is 0 Å². The second-order valence-corrected chi connectivity index (χ2v) is 4.26. The first kappa shape index (κ1) is 13.0. The Kier molecular flexibility index (Phi) is 3.43. The smallest absolute Gasteiger partial charge is 0.173 e. The molecule has 5 heteroatoms. The van der Waals surface area contributed by atoms with Crippen LogP contribution in [0.3, 0.4) is 0 Å². The number of aryl methyl sites for hydroxylation is 1. The maximum atomic E-state index is 12.9. The Bertz CT molecular complexity index is 644. The standard InChI is InChI=1S/C14H13FN4/c1-9-10(2)17-18-14(13(9)8-16)19(3)12-6-4-11(15)5-7-12/h4-7H,1-3H3. The molecule has 0 spiro atoms. The van der Waals surface area contributed by atoms with Crippen molar-refractivity contribution in [2.75, 3.05) is 11.9 Å². The van der Waals surface area contributed by atoms with Gasteiger partial charge in [-0.05, 0) is 43.7 Å². The molecule has 19 heavy (non-hydrogen) atoms. The lowest BCUT2D eigenvalue weighted by Gasteiger charge is -2.19. The topological polar surface area (TPSA) is 52.8 Å². The van der Waals surface area contributed by atoms with Crippen molar-refractivity contribution in [1.82, 2.24) is 10.2 Å². The largest absolute Gasteiger partial charge is 0.327 e. The molecule has 0 unspecified atom stereocenters. The van der Waals surface area contributed by atoms with Gasteiger partial charge in [-0.1, -0.05) is 0 Å². The molecule has 0 amide bonds. The van der Waals surface area contributed by atoms with E-state index in [-0.39, 0.29) is 5.82 Å². The minimum absolute atomic E-state index is 0.302. The number of aromatic nitrogens is 2. The van der Waals surface area contributed by atoms with Crippen LogP contribution in [0, 0.1) is 31.0 Å². The first-order valence-corrected chi connectivity index (χ1v) is 5.78. The minimum Gasteiger partial charge on any atom is -0.327 e. The highest BCUT2D eigenvalue weighted by molar-refractivity contribution is 5.66. The van der Waals surface area contributed by atoms with Crippen LogP contribution >= 0.6 is 0 Å². The van der Waals surface area contributed by atoms with Crippen molar-refractivity contribution in [2.45, 2.75) is 13.8 Å². The summed E-state index contributed by atoms with van der Waals surface area (Å²) in [6.07, 6.45) is 0. The third-order valence-corrected chi connectivity index (χ3v) is 3.08. The Hall–Kier alpha value is -2.48. The van der Waals surface area contributed by atoms with Crippen LogP contribution in [0.5, 0.6) is 0 Å². The van der Waals surface area contributed by atoms with E-state index in [0.29, 0.717) is 11.4 Å². The van der Waals surface area contributed by atoms with Gasteiger partial charge in [0.05, 0.1) is 5.69 Å². The van der Waals surface area contributed by atoms with Crippen LogP contribution in [0.2, 0.25) is 0 Å². The SMILES string of the molecule is Cc1nnc(N(C)c2ccc(F)cc2)c(C#N)c1C. The summed E-state index contributed by atoms with van der Waals surface area (Å²) in [6.45, 7) is 3.65. The van der Waals surface area contributed by atoms with Crippen LogP contribution in [0.25, 0.3) is 0 Å². The van der Waals surface area contributed by atoms with Crippen molar-refractivity contribution in [3.05, 3.63) is 46.9 Å². The van der Waals surface area contributed by atoms with Crippen LogP contribution in [-0.2, 0) is 0 Å². The second-order valence-electron chi connectivity index (χ2n) is 4.26. The lowest BCUT2D eigenvalue weighted by molar-refractivity contribution is 0.628. The van der Waals surface area contributed by atoms with E-state index in [4.69, 9.17) is 0 Å². The number of nitrogens with zero attached hydrogens (tertiary/aromatic N) is 4. The number of benzene rings is 1. The summed E-state index contributed by atoms with van der Waals surface area (Å²) in [5.41, 5.74) is 2.77. The first-order valence-electron chi connectivity index (χ1n) is 5.78. The zero-order valence-electron chi connectivity index (χ0n) is 11.0. The number of halogens is 1. The highest BCUT2D eigenvalue weighted by Gasteiger charge is 2.15. The number of hydrogen-bond acceptors (Lipinski definition) is 4. The van der Waals surface area contributed by atoms with Crippen molar-refractivity contribution >= 4 is 11.5 Å². The molecule has 0 fully saturated rings. The predicted octanol–water partition coefficient (Wildman–Crippen LogP) is 2.87. The van der Waals surface area contributed by atoms with E-state index in [9.17, 15) is 9.65 Å². The summed E-state index contributed by atoms with van der Waals surface area (Å²) < 4.78 is 12.9. The van der Waals surface area contributed by atoms with Gasteiger partial charge < -0.3 is 4.90 Å². The molecule has 0 N–H and O–H groups in total. The zero-order valence-corrected chi connectivity index (χ0v) is 11.0. The minimum atomic E-state index is -0.302.